The van der Waals surface area contributed by atoms with E-state index >= 15 is 0 Å². The van der Waals surface area contributed by atoms with Crippen molar-refractivity contribution < 1.29 is 23.5 Å². The standard InChI is InChI=1S/C14H17FO4/c1-18-14(17)12(15)9-5-6-10-19-13(16)11-7-3-2-4-8-11/h2-4,7-8,12H,5-6,9-10H2,1H3/t12-/m0/s1. The van der Waals surface area contributed by atoms with Crippen molar-refractivity contribution in [2.75, 3.05) is 13.7 Å². The third-order valence-electron chi connectivity index (χ3n) is 2.55. The van der Waals surface area contributed by atoms with Gasteiger partial charge in [-0.3, -0.25) is 0 Å². The van der Waals surface area contributed by atoms with E-state index in [9.17, 15) is 14.0 Å². The molecule has 0 N–H and O–H groups in total. The van der Waals surface area contributed by atoms with Crippen molar-refractivity contribution >= 4 is 11.9 Å². The fourth-order valence-electron chi connectivity index (χ4n) is 1.49. The van der Waals surface area contributed by atoms with Crippen LogP contribution in [0.15, 0.2) is 30.3 Å². The average molecular weight is 268 g/mol. The number of methoxy groups -OCH3 is 1. The van der Waals surface area contributed by atoms with Gasteiger partial charge in [0.1, 0.15) is 0 Å². The van der Waals surface area contributed by atoms with Gasteiger partial charge in [-0.1, -0.05) is 18.2 Å². The van der Waals surface area contributed by atoms with Gasteiger partial charge in [-0.2, -0.15) is 0 Å². The summed E-state index contributed by atoms with van der Waals surface area (Å²) in [4.78, 5) is 22.3. The van der Waals surface area contributed by atoms with Crippen LogP contribution < -0.4 is 0 Å². The lowest BCUT2D eigenvalue weighted by atomic mass is 10.2. The molecule has 19 heavy (non-hydrogen) atoms. The SMILES string of the molecule is COC(=O)[C@@H](F)CCCCOC(=O)c1ccccc1. The Balaban J connectivity index is 2.15. The summed E-state index contributed by atoms with van der Waals surface area (Å²) in [5, 5.41) is 0. The number of ether oxygens (including phenoxy) is 2. The molecule has 104 valence electrons. The fourth-order valence-corrected chi connectivity index (χ4v) is 1.49. The van der Waals surface area contributed by atoms with Gasteiger partial charge in [-0.05, 0) is 31.4 Å². The van der Waals surface area contributed by atoms with E-state index in [1.807, 2.05) is 6.07 Å². The first kappa shape index (κ1) is 15.1. The zero-order valence-electron chi connectivity index (χ0n) is 10.8. The summed E-state index contributed by atoms with van der Waals surface area (Å²) in [5.74, 6) is -1.26. The highest BCUT2D eigenvalue weighted by Gasteiger charge is 2.16. The van der Waals surface area contributed by atoms with E-state index in [1.54, 1.807) is 24.3 Å². The first-order valence-electron chi connectivity index (χ1n) is 6.09. The van der Waals surface area contributed by atoms with Crippen LogP contribution in [-0.2, 0) is 14.3 Å². The maximum atomic E-state index is 13.1. The van der Waals surface area contributed by atoms with Crippen molar-refractivity contribution in [3.05, 3.63) is 35.9 Å². The molecule has 0 fully saturated rings. The van der Waals surface area contributed by atoms with Crippen LogP contribution in [0.5, 0.6) is 0 Å². The van der Waals surface area contributed by atoms with E-state index in [-0.39, 0.29) is 13.0 Å². The molecule has 0 saturated heterocycles. The second kappa shape index (κ2) is 8.24. The van der Waals surface area contributed by atoms with Gasteiger partial charge in [0, 0.05) is 0 Å². The quantitative estimate of drug-likeness (QED) is 0.563. The highest BCUT2D eigenvalue weighted by atomic mass is 19.1. The molecular formula is C14H17FO4. The summed E-state index contributed by atoms with van der Waals surface area (Å²) < 4.78 is 22.4. The summed E-state index contributed by atoms with van der Waals surface area (Å²) in [7, 11) is 1.15. The van der Waals surface area contributed by atoms with Gasteiger partial charge in [0.05, 0.1) is 19.3 Å². The van der Waals surface area contributed by atoms with Crippen LogP contribution >= 0.6 is 0 Å². The fraction of sp³-hybridized carbons (Fsp3) is 0.429. The first-order valence-corrected chi connectivity index (χ1v) is 6.09. The molecule has 1 aromatic carbocycles. The molecular weight excluding hydrogens is 251 g/mol. The third-order valence-corrected chi connectivity index (χ3v) is 2.55. The molecule has 0 aromatic heterocycles. The Morgan fingerprint density at radius 3 is 2.53 bits per heavy atom. The monoisotopic (exact) mass is 268 g/mol. The predicted molar refractivity (Wildman–Crippen MR) is 67.5 cm³/mol. The Kier molecular flexibility index (Phi) is 6.57. The largest absolute Gasteiger partial charge is 0.467 e. The van der Waals surface area contributed by atoms with Gasteiger partial charge in [0.15, 0.2) is 6.17 Å². The van der Waals surface area contributed by atoms with E-state index in [2.05, 4.69) is 4.74 Å². The van der Waals surface area contributed by atoms with Crippen LogP contribution in [0.25, 0.3) is 0 Å². The Bertz CT molecular complexity index is 405. The van der Waals surface area contributed by atoms with Crippen molar-refractivity contribution in [1.29, 1.82) is 0 Å². The minimum absolute atomic E-state index is 0.0789. The van der Waals surface area contributed by atoms with E-state index < -0.39 is 18.1 Å². The number of benzene rings is 1. The molecule has 0 aliphatic heterocycles. The van der Waals surface area contributed by atoms with Gasteiger partial charge in [-0.15, -0.1) is 0 Å². The highest BCUT2D eigenvalue weighted by molar-refractivity contribution is 5.89. The zero-order valence-corrected chi connectivity index (χ0v) is 10.8. The second-order valence-electron chi connectivity index (χ2n) is 3.99. The Morgan fingerprint density at radius 1 is 1.21 bits per heavy atom. The van der Waals surface area contributed by atoms with Crippen LogP contribution in [0.4, 0.5) is 4.39 Å². The molecule has 0 saturated carbocycles. The number of unbranched alkanes of at least 4 members (excludes halogenated alkanes) is 1. The van der Waals surface area contributed by atoms with Crippen molar-refractivity contribution in [3.63, 3.8) is 0 Å². The van der Waals surface area contributed by atoms with E-state index in [1.165, 1.54) is 0 Å². The number of hydrogen-bond donors (Lipinski definition) is 0. The molecule has 0 bridgehead atoms. The summed E-state index contributed by atoms with van der Waals surface area (Å²) in [5.41, 5.74) is 0.487. The van der Waals surface area contributed by atoms with Crippen molar-refractivity contribution in [2.24, 2.45) is 0 Å². The van der Waals surface area contributed by atoms with E-state index in [0.29, 0.717) is 18.4 Å². The maximum Gasteiger partial charge on any atom is 0.340 e. The van der Waals surface area contributed by atoms with Crippen molar-refractivity contribution in [2.45, 2.75) is 25.4 Å². The average Bonchev–Trinajstić information content (AvgIpc) is 2.46. The number of alkyl halides is 1. The summed E-state index contributed by atoms with van der Waals surface area (Å²) in [6.07, 6.45) is -0.556. The van der Waals surface area contributed by atoms with Crippen molar-refractivity contribution in [3.8, 4) is 0 Å². The van der Waals surface area contributed by atoms with Gasteiger partial charge in [0.2, 0.25) is 0 Å². The molecule has 0 spiro atoms. The second-order valence-corrected chi connectivity index (χ2v) is 3.99. The Labute approximate surface area is 111 Å². The minimum Gasteiger partial charge on any atom is -0.467 e. The van der Waals surface area contributed by atoms with Crippen LogP contribution in [0.3, 0.4) is 0 Å². The molecule has 0 aliphatic rings. The lowest BCUT2D eigenvalue weighted by Gasteiger charge is -2.06. The molecule has 4 nitrogen and oxygen atoms in total. The van der Waals surface area contributed by atoms with Crippen LogP contribution in [0.1, 0.15) is 29.6 Å². The lowest BCUT2D eigenvalue weighted by Crippen LogP contribution is -2.17. The smallest absolute Gasteiger partial charge is 0.340 e. The first-order chi connectivity index (χ1) is 9.15. The number of carbonyl (C=O) groups excluding carboxylic acids is 2. The van der Waals surface area contributed by atoms with Gasteiger partial charge in [-0.25, -0.2) is 14.0 Å². The minimum atomic E-state index is -1.60. The molecule has 1 atom stereocenters. The molecule has 1 rings (SSSR count). The van der Waals surface area contributed by atoms with Gasteiger partial charge >= 0.3 is 11.9 Å². The topological polar surface area (TPSA) is 52.6 Å². The molecule has 0 unspecified atom stereocenters. The van der Waals surface area contributed by atoms with Gasteiger partial charge < -0.3 is 9.47 Å². The number of esters is 2. The third kappa shape index (κ3) is 5.50. The van der Waals surface area contributed by atoms with E-state index in [0.717, 1.165) is 7.11 Å². The Hall–Kier alpha value is -1.91. The Morgan fingerprint density at radius 2 is 1.89 bits per heavy atom. The molecule has 0 aliphatic carbocycles. The summed E-state index contributed by atoms with van der Waals surface area (Å²) in [6.45, 7) is 0.210. The molecule has 0 radical (unpaired) electrons. The zero-order chi connectivity index (χ0) is 14.1. The van der Waals surface area contributed by atoms with Crippen LogP contribution in [0, 0.1) is 0 Å². The number of hydrogen-bond acceptors (Lipinski definition) is 4. The van der Waals surface area contributed by atoms with Crippen molar-refractivity contribution in [1.82, 2.24) is 0 Å². The molecule has 1 aromatic rings. The summed E-state index contributed by atoms with van der Waals surface area (Å²) in [6, 6.07) is 8.64. The van der Waals surface area contributed by atoms with Gasteiger partial charge in [0.25, 0.3) is 0 Å². The number of halogens is 1. The predicted octanol–water partition coefficient (Wildman–Crippen LogP) is 2.52. The highest BCUT2D eigenvalue weighted by Crippen LogP contribution is 2.07. The maximum absolute atomic E-state index is 13.1. The van der Waals surface area contributed by atoms with Crippen LogP contribution in [-0.4, -0.2) is 31.8 Å². The lowest BCUT2D eigenvalue weighted by molar-refractivity contribution is -0.146. The van der Waals surface area contributed by atoms with Crippen LogP contribution in [0.2, 0.25) is 0 Å². The number of carbonyl (C=O) groups is 2. The molecule has 0 heterocycles. The molecule has 5 heteroatoms. The summed E-state index contributed by atoms with van der Waals surface area (Å²) >= 11 is 0. The number of rotatable bonds is 7. The van der Waals surface area contributed by atoms with E-state index in [4.69, 9.17) is 4.74 Å². The molecule has 0 amide bonds. The normalized spacial score (nSPS) is 11.7.